The maximum Gasteiger partial charge on any atom is 0.253 e. The van der Waals surface area contributed by atoms with E-state index in [1.807, 2.05) is 30.3 Å². The van der Waals surface area contributed by atoms with Gasteiger partial charge in [0.2, 0.25) is 3.79 Å². The molecular formula is C21H16Cl4N4O. The Morgan fingerprint density at radius 3 is 2.07 bits per heavy atom. The summed E-state index contributed by atoms with van der Waals surface area (Å²) >= 11 is 24.1. The van der Waals surface area contributed by atoms with Gasteiger partial charge in [0.05, 0.1) is 11.4 Å². The molecule has 0 aliphatic heterocycles. The first-order valence-electron chi connectivity index (χ1n) is 8.78. The lowest BCUT2D eigenvalue weighted by atomic mass is 10.2. The van der Waals surface area contributed by atoms with Gasteiger partial charge in [0, 0.05) is 16.3 Å². The zero-order chi connectivity index (χ0) is 21.6. The number of alkyl halides is 3. The Hall–Kier alpha value is -2.31. The van der Waals surface area contributed by atoms with E-state index in [0.717, 1.165) is 5.69 Å². The van der Waals surface area contributed by atoms with Crippen LogP contribution >= 0.6 is 46.4 Å². The van der Waals surface area contributed by atoms with Crippen molar-refractivity contribution in [1.29, 1.82) is 0 Å². The smallest absolute Gasteiger partial charge is 0.253 e. The van der Waals surface area contributed by atoms with Crippen molar-refractivity contribution < 1.29 is 4.79 Å². The highest BCUT2D eigenvalue weighted by Crippen LogP contribution is 2.32. The molecule has 0 aliphatic carbocycles. The van der Waals surface area contributed by atoms with Crippen LogP contribution in [0.2, 0.25) is 5.02 Å². The second kappa shape index (κ2) is 10.1. The highest BCUT2D eigenvalue weighted by atomic mass is 35.6. The van der Waals surface area contributed by atoms with Crippen LogP contribution in [0.3, 0.4) is 0 Å². The largest absolute Gasteiger partial charge is 0.362 e. The molecule has 5 nitrogen and oxygen atoms in total. The fourth-order valence-corrected chi connectivity index (χ4v) is 2.96. The van der Waals surface area contributed by atoms with Crippen molar-refractivity contribution in [2.45, 2.75) is 9.96 Å². The molecule has 3 aromatic carbocycles. The summed E-state index contributed by atoms with van der Waals surface area (Å²) in [6, 6.07) is 22.9. The van der Waals surface area contributed by atoms with Crippen LogP contribution in [0.15, 0.2) is 89.1 Å². The highest BCUT2D eigenvalue weighted by molar-refractivity contribution is 6.68. The lowest BCUT2D eigenvalue weighted by molar-refractivity contribution is 0.0942. The minimum Gasteiger partial charge on any atom is -0.362 e. The van der Waals surface area contributed by atoms with Gasteiger partial charge in [-0.2, -0.15) is 10.2 Å². The van der Waals surface area contributed by atoms with Crippen LogP contribution < -0.4 is 10.6 Å². The second-order valence-electron chi connectivity index (χ2n) is 6.19. The van der Waals surface area contributed by atoms with Gasteiger partial charge in [0.25, 0.3) is 5.91 Å². The molecule has 0 aliphatic rings. The average Bonchev–Trinajstić information content (AvgIpc) is 2.73. The molecule has 3 rings (SSSR count). The van der Waals surface area contributed by atoms with E-state index in [1.165, 1.54) is 6.07 Å². The first kappa shape index (κ1) is 22.4. The summed E-state index contributed by atoms with van der Waals surface area (Å²) in [6.07, 6.45) is -0.995. The van der Waals surface area contributed by atoms with Crippen LogP contribution in [0.5, 0.6) is 0 Å². The molecule has 0 saturated carbocycles. The molecular weight excluding hydrogens is 466 g/mol. The fourth-order valence-electron chi connectivity index (χ4n) is 2.45. The van der Waals surface area contributed by atoms with E-state index < -0.39 is 15.9 Å². The summed E-state index contributed by atoms with van der Waals surface area (Å²) in [5.41, 5.74) is 2.37. The Balaban J connectivity index is 1.69. The average molecular weight is 482 g/mol. The topological polar surface area (TPSA) is 65.8 Å². The molecule has 0 fully saturated rings. The van der Waals surface area contributed by atoms with Gasteiger partial charge < -0.3 is 10.6 Å². The van der Waals surface area contributed by atoms with Gasteiger partial charge in [-0.3, -0.25) is 4.79 Å². The third kappa shape index (κ3) is 6.61. The summed E-state index contributed by atoms with van der Waals surface area (Å²) in [4.78, 5) is 12.5. The van der Waals surface area contributed by atoms with Crippen molar-refractivity contribution in [3.05, 3.63) is 89.4 Å². The highest BCUT2D eigenvalue weighted by Gasteiger charge is 2.34. The van der Waals surface area contributed by atoms with Gasteiger partial charge >= 0.3 is 0 Å². The number of nitrogens with zero attached hydrogens (tertiary/aromatic N) is 2. The Bertz CT molecular complexity index is 1020. The summed E-state index contributed by atoms with van der Waals surface area (Å²) in [6.45, 7) is 0. The van der Waals surface area contributed by atoms with Crippen LogP contribution in [0.1, 0.15) is 10.4 Å². The normalized spacial score (nSPS) is 12.5. The van der Waals surface area contributed by atoms with E-state index >= 15 is 0 Å². The molecule has 1 unspecified atom stereocenters. The molecule has 0 aromatic heterocycles. The number of rotatable bonds is 6. The Kier molecular flexibility index (Phi) is 7.56. The first-order valence-corrected chi connectivity index (χ1v) is 10.3. The molecule has 2 N–H and O–H groups in total. The number of benzene rings is 3. The van der Waals surface area contributed by atoms with Crippen LogP contribution in [-0.4, -0.2) is 15.9 Å². The van der Waals surface area contributed by atoms with E-state index in [-0.39, 0.29) is 0 Å². The standard InChI is InChI=1S/C21H16Cl4N4O/c22-15-6-4-5-14(13-15)19(30)27-20(21(23,24)25)26-16-9-11-18(12-10-16)29-28-17-7-2-1-3-8-17/h1-13,20,26H,(H,27,30). The zero-order valence-electron chi connectivity index (χ0n) is 15.4. The molecule has 9 heteroatoms. The van der Waals surface area contributed by atoms with Crippen molar-refractivity contribution in [2.24, 2.45) is 10.2 Å². The predicted octanol–water partition coefficient (Wildman–Crippen LogP) is 7.29. The second-order valence-corrected chi connectivity index (χ2v) is 8.99. The molecule has 0 saturated heterocycles. The van der Waals surface area contributed by atoms with Crippen LogP contribution in [0.4, 0.5) is 17.1 Å². The minimum absolute atomic E-state index is 0.347. The Morgan fingerprint density at radius 2 is 1.47 bits per heavy atom. The van der Waals surface area contributed by atoms with E-state index in [9.17, 15) is 4.79 Å². The number of carbonyl (C=O) groups excluding carboxylic acids is 1. The summed E-state index contributed by atoms with van der Waals surface area (Å²) in [5, 5.41) is 14.4. The minimum atomic E-state index is -1.81. The van der Waals surface area contributed by atoms with Crippen molar-refractivity contribution in [3.63, 3.8) is 0 Å². The van der Waals surface area contributed by atoms with Crippen molar-refractivity contribution in [3.8, 4) is 0 Å². The van der Waals surface area contributed by atoms with Gasteiger partial charge in [0.1, 0.15) is 6.17 Å². The Labute approximate surface area is 194 Å². The third-order valence-electron chi connectivity index (χ3n) is 3.91. The van der Waals surface area contributed by atoms with E-state index in [1.54, 1.807) is 42.5 Å². The van der Waals surface area contributed by atoms with E-state index in [4.69, 9.17) is 46.4 Å². The molecule has 1 amide bonds. The van der Waals surface area contributed by atoms with Crippen LogP contribution in [-0.2, 0) is 0 Å². The number of azo groups is 1. The van der Waals surface area contributed by atoms with Gasteiger partial charge in [-0.25, -0.2) is 0 Å². The van der Waals surface area contributed by atoms with Crippen LogP contribution in [0.25, 0.3) is 0 Å². The number of carbonyl (C=O) groups is 1. The molecule has 0 heterocycles. The molecule has 0 bridgehead atoms. The number of hydrogen-bond acceptors (Lipinski definition) is 4. The summed E-state index contributed by atoms with van der Waals surface area (Å²) in [5.74, 6) is -0.436. The number of nitrogens with one attached hydrogen (secondary N) is 2. The fraction of sp³-hybridized carbons (Fsp3) is 0.0952. The lowest BCUT2D eigenvalue weighted by Crippen LogP contribution is -2.49. The third-order valence-corrected chi connectivity index (χ3v) is 4.79. The molecule has 3 aromatic rings. The van der Waals surface area contributed by atoms with Gasteiger partial charge in [0.15, 0.2) is 0 Å². The molecule has 154 valence electrons. The van der Waals surface area contributed by atoms with Gasteiger partial charge in [-0.15, -0.1) is 0 Å². The van der Waals surface area contributed by atoms with Gasteiger partial charge in [-0.1, -0.05) is 70.7 Å². The van der Waals surface area contributed by atoms with Crippen molar-refractivity contribution >= 4 is 69.4 Å². The first-order chi connectivity index (χ1) is 14.3. The lowest BCUT2D eigenvalue weighted by Gasteiger charge is -2.27. The van der Waals surface area contributed by atoms with Gasteiger partial charge in [-0.05, 0) is 54.6 Å². The number of halogens is 4. The SMILES string of the molecule is O=C(NC(Nc1ccc(N=Nc2ccccc2)cc1)C(Cl)(Cl)Cl)c1cccc(Cl)c1. The number of anilines is 1. The summed E-state index contributed by atoms with van der Waals surface area (Å²) < 4.78 is -1.81. The predicted molar refractivity (Wildman–Crippen MR) is 124 cm³/mol. The van der Waals surface area contributed by atoms with Crippen molar-refractivity contribution in [1.82, 2.24) is 5.32 Å². The van der Waals surface area contributed by atoms with E-state index in [0.29, 0.717) is 22.0 Å². The summed E-state index contributed by atoms with van der Waals surface area (Å²) in [7, 11) is 0. The molecule has 30 heavy (non-hydrogen) atoms. The van der Waals surface area contributed by atoms with Crippen LogP contribution in [0, 0.1) is 0 Å². The number of amides is 1. The molecule has 0 radical (unpaired) electrons. The Morgan fingerprint density at radius 1 is 0.833 bits per heavy atom. The monoisotopic (exact) mass is 480 g/mol. The quantitative estimate of drug-likeness (QED) is 0.220. The zero-order valence-corrected chi connectivity index (χ0v) is 18.4. The maximum atomic E-state index is 12.5. The maximum absolute atomic E-state index is 12.5. The molecule has 0 spiro atoms. The van der Waals surface area contributed by atoms with E-state index in [2.05, 4.69) is 20.9 Å². The number of hydrogen-bond donors (Lipinski definition) is 2. The van der Waals surface area contributed by atoms with Crippen molar-refractivity contribution in [2.75, 3.05) is 5.32 Å². The molecule has 1 atom stereocenters.